The normalized spacial score (nSPS) is 16.5. The second-order valence-electron chi connectivity index (χ2n) is 7.62. The minimum absolute atomic E-state index is 0.282. The standard InChI is InChI=1S/C22H24N4O4S/c23-12-16-6-8-17(9-7-16)14-31(29,30)15-21(27)25-19-4-1-3-18(11-19)13-26-10-2-5-20(26)22(24)28/h1,3-4,6-9,11,20H,2,5,10,13-15H2,(H2,24,28)(H,25,27). The molecule has 3 N–H and O–H groups in total. The Morgan fingerprint density at radius 2 is 1.90 bits per heavy atom. The number of nitrogens with zero attached hydrogens (tertiary/aromatic N) is 2. The van der Waals surface area contributed by atoms with Gasteiger partial charge in [-0.05, 0) is 54.8 Å². The molecule has 1 saturated heterocycles. The molecule has 9 heteroatoms. The van der Waals surface area contributed by atoms with E-state index in [1.165, 1.54) is 0 Å². The number of likely N-dealkylation sites (tertiary alicyclic amines) is 1. The number of rotatable bonds is 8. The number of carbonyl (C=O) groups is 2. The lowest BCUT2D eigenvalue weighted by Crippen LogP contribution is -2.39. The number of anilines is 1. The summed E-state index contributed by atoms with van der Waals surface area (Å²) in [5.41, 5.74) is 7.80. The van der Waals surface area contributed by atoms with E-state index in [0.717, 1.165) is 24.9 Å². The molecular formula is C22H24N4O4S. The minimum atomic E-state index is -3.67. The van der Waals surface area contributed by atoms with Crippen LogP contribution in [0.2, 0.25) is 0 Å². The van der Waals surface area contributed by atoms with Crippen molar-refractivity contribution in [3.63, 3.8) is 0 Å². The Morgan fingerprint density at radius 1 is 1.16 bits per heavy atom. The highest BCUT2D eigenvalue weighted by molar-refractivity contribution is 7.91. The molecule has 2 amide bonds. The third-order valence-electron chi connectivity index (χ3n) is 5.11. The van der Waals surface area contributed by atoms with Gasteiger partial charge in [0.2, 0.25) is 11.8 Å². The van der Waals surface area contributed by atoms with Crippen molar-refractivity contribution in [2.24, 2.45) is 5.73 Å². The molecule has 1 unspecified atom stereocenters. The van der Waals surface area contributed by atoms with Gasteiger partial charge in [0, 0.05) is 12.2 Å². The number of hydrogen-bond donors (Lipinski definition) is 2. The maximum atomic E-state index is 12.4. The predicted octanol–water partition coefficient (Wildman–Crippen LogP) is 1.56. The van der Waals surface area contributed by atoms with Gasteiger partial charge in [0.15, 0.2) is 9.84 Å². The van der Waals surface area contributed by atoms with E-state index in [0.29, 0.717) is 23.4 Å². The molecule has 1 atom stereocenters. The lowest BCUT2D eigenvalue weighted by Gasteiger charge is -2.22. The summed E-state index contributed by atoms with van der Waals surface area (Å²) in [4.78, 5) is 25.9. The van der Waals surface area contributed by atoms with Crippen LogP contribution >= 0.6 is 0 Å². The average Bonchev–Trinajstić information content (AvgIpc) is 3.16. The van der Waals surface area contributed by atoms with Crippen LogP contribution in [0.1, 0.15) is 29.5 Å². The maximum absolute atomic E-state index is 12.4. The van der Waals surface area contributed by atoms with Crippen LogP contribution in [0.4, 0.5) is 5.69 Å². The second-order valence-corrected chi connectivity index (χ2v) is 9.68. The van der Waals surface area contributed by atoms with Crippen molar-refractivity contribution in [1.29, 1.82) is 5.26 Å². The summed E-state index contributed by atoms with van der Waals surface area (Å²) < 4.78 is 24.8. The van der Waals surface area contributed by atoms with Crippen LogP contribution in [0.25, 0.3) is 0 Å². The van der Waals surface area contributed by atoms with Gasteiger partial charge in [-0.3, -0.25) is 14.5 Å². The van der Waals surface area contributed by atoms with Gasteiger partial charge in [-0.2, -0.15) is 5.26 Å². The zero-order valence-corrected chi connectivity index (χ0v) is 17.8. The van der Waals surface area contributed by atoms with Crippen LogP contribution in [-0.4, -0.2) is 43.5 Å². The zero-order chi connectivity index (χ0) is 22.4. The molecule has 31 heavy (non-hydrogen) atoms. The van der Waals surface area contributed by atoms with Crippen molar-refractivity contribution in [3.8, 4) is 6.07 Å². The fourth-order valence-corrected chi connectivity index (χ4v) is 4.97. The molecule has 8 nitrogen and oxygen atoms in total. The van der Waals surface area contributed by atoms with Crippen molar-refractivity contribution in [3.05, 3.63) is 65.2 Å². The van der Waals surface area contributed by atoms with Gasteiger partial charge in [-0.25, -0.2) is 8.42 Å². The van der Waals surface area contributed by atoms with E-state index >= 15 is 0 Å². The zero-order valence-electron chi connectivity index (χ0n) is 17.0. The van der Waals surface area contributed by atoms with Crippen LogP contribution in [0.3, 0.4) is 0 Å². The van der Waals surface area contributed by atoms with Crippen LogP contribution in [0.15, 0.2) is 48.5 Å². The van der Waals surface area contributed by atoms with E-state index in [4.69, 9.17) is 11.0 Å². The van der Waals surface area contributed by atoms with Gasteiger partial charge in [-0.15, -0.1) is 0 Å². The number of primary amides is 1. The molecule has 1 fully saturated rings. The van der Waals surface area contributed by atoms with Crippen LogP contribution in [0.5, 0.6) is 0 Å². The number of amides is 2. The molecule has 1 aliphatic rings. The Labute approximate surface area is 181 Å². The van der Waals surface area contributed by atoms with Crippen LogP contribution < -0.4 is 11.1 Å². The highest BCUT2D eigenvalue weighted by Gasteiger charge is 2.28. The second kappa shape index (κ2) is 9.73. The summed E-state index contributed by atoms with van der Waals surface area (Å²) in [6.45, 7) is 1.30. The SMILES string of the molecule is N#Cc1ccc(CS(=O)(=O)CC(=O)Nc2cccc(CN3CCCC3C(N)=O)c2)cc1. The lowest BCUT2D eigenvalue weighted by molar-refractivity contribution is -0.122. The molecule has 0 aromatic heterocycles. The summed E-state index contributed by atoms with van der Waals surface area (Å²) in [5, 5.41) is 11.4. The Kier molecular flexibility index (Phi) is 7.05. The predicted molar refractivity (Wildman–Crippen MR) is 116 cm³/mol. The number of nitriles is 1. The van der Waals surface area contributed by atoms with Gasteiger partial charge in [-0.1, -0.05) is 24.3 Å². The number of benzene rings is 2. The molecule has 2 aromatic rings. The number of nitrogens with one attached hydrogen (secondary N) is 1. The van der Waals surface area contributed by atoms with Crippen molar-refractivity contribution in [1.82, 2.24) is 4.90 Å². The number of nitrogens with two attached hydrogens (primary N) is 1. The van der Waals surface area contributed by atoms with Crippen molar-refractivity contribution >= 4 is 27.3 Å². The molecular weight excluding hydrogens is 416 g/mol. The Balaban J connectivity index is 1.59. The monoisotopic (exact) mass is 440 g/mol. The molecule has 0 spiro atoms. The van der Waals surface area contributed by atoms with Crippen molar-refractivity contribution < 1.29 is 18.0 Å². The van der Waals surface area contributed by atoms with Crippen LogP contribution in [0, 0.1) is 11.3 Å². The van der Waals surface area contributed by atoms with Gasteiger partial charge in [0.1, 0.15) is 5.75 Å². The van der Waals surface area contributed by atoms with Gasteiger partial charge >= 0.3 is 0 Å². The molecule has 0 aliphatic carbocycles. The van der Waals surface area contributed by atoms with E-state index < -0.39 is 21.5 Å². The first-order valence-corrected chi connectivity index (χ1v) is 11.7. The summed E-state index contributed by atoms with van der Waals surface area (Å²) in [5.74, 6) is -1.89. The van der Waals surface area contributed by atoms with E-state index in [9.17, 15) is 18.0 Å². The van der Waals surface area contributed by atoms with E-state index in [1.54, 1.807) is 42.5 Å². The van der Waals surface area contributed by atoms with E-state index in [2.05, 4.69) is 5.32 Å². The molecule has 162 valence electrons. The highest BCUT2D eigenvalue weighted by Crippen LogP contribution is 2.21. The fraction of sp³-hybridized carbons (Fsp3) is 0.318. The first-order valence-electron chi connectivity index (χ1n) is 9.87. The number of sulfone groups is 1. The van der Waals surface area contributed by atoms with Crippen molar-refractivity contribution in [2.75, 3.05) is 17.6 Å². The van der Waals surface area contributed by atoms with E-state index in [-0.39, 0.29) is 17.7 Å². The summed E-state index contributed by atoms with van der Waals surface area (Å²) in [6, 6.07) is 15.0. The van der Waals surface area contributed by atoms with Gasteiger partial charge in [0.25, 0.3) is 0 Å². The largest absolute Gasteiger partial charge is 0.368 e. The lowest BCUT2D eigenvalue weighted by atomic mass is 10.1. The van der Waals surface area contributed by atoms with Gasteiger partial charge in [0.05, 0.1) is 23.4 Å². The Morgan fingerprint density at radius 3 is 2.58 bits per heavy atom. The Bertz CT molecular complexity index is 1110. The summed E-state index contributed by atoms with van der Waals surface area (Å²) in [6.07, 6.45) is 1.64. The fourth-order valence-electron chi connectivity index (χ4n) is 3.70. The molecule has 1 aliphatic heterocycles. The summed E-state index contributed by atoms with van der Waals surface area (Å²) >= 11 is 0. The van der Waals surface area contributed by atoms with Crippen LogP contribution in [-0.2, 0) is 31.7 Å². The smallest absolute Gasteiger partial charge is 0.239 e. The molecule has 0 radical (unpaired) electrons. The molecule has 3 rings (SSSR count). The van der Waals surface area contributed by atoms with Gasteiger partial charge < -0.3 is 11.1 Å². The molecule has 1 heterocycles. The third-order valence-corrected chi connectivity index (χ3v) is 6.58. The quantitative estimate of drug-likeness (QED) is 0.640. The third kappa shape index (κ3) is 6.38. The average molecular weight is 441 g/mol. The van der Waals surface area contributed by atoms with Crippen molar-refractivity contribution in [2.45, 2.75) is 31.2 Å². The first-order chi connectivity index (χ1) is 14.8. The minimum Gasteiger partial charge on any atom is -0.368 e. The molecule has 2 aromatic carbocycles. The molecule has 0 saturated carbocycles. The molecule has 0 bridgehead atoms. The maximum Gasteiger partial charge on any atom is 0.239 e. The van der Waals surface area contributed by atoms with E-state index in [1.807, 2.05) is 17.0 Å². The summed E-state index contributed by atoms with van der Waals surface area (Å²) in [7, 11) is -3.67. The first kappa shape index (κ1) is 22.5. The Hall–Kier alpha value is -3.22. The topological polar surface area (TPSA) is 133 Å². The highest BCUT2D eigenvalue weighted by atomic mass is 32.2. The number of hydrogen-bond acceptors (Lipinski definition) is 6. The number of carbonyl (C=O) groups excluding carboxylic acids is 2.